The number of benzene rings is 1. The van der Waals surface area contributed by atoms with Gasteiger partial charge in [-0.3, -0.25) is 10.1 Å². The Bertz CT molecular complexity index is 433. The minimum absolute atomic E-state index is 0.0164. The molecular weight excluding hydrogens is 240 g/mol. The third-order valence-electron chi connectivity index (χ3n) is 2.40. The number of hydrogen-bond acceptors (Lipinski definition) is 6. The first-order valence-corrected chi connectivity index (χ1v) is 5.29. The summed E-state index contributed by atoms with van der Waals surface area (Å²) in [5, 5.41) is 32.1. The van der Waals surface area contributed by atoms with Gasteiger partial charge in [0.1, 0.15) is 17.0 Å². The van der Waals surface area contributed by atoms with Crippen LogP contribution < -0.4 is 10.1 Å². The molecule has 0 amide bonds. The standard InChI is InChI=1S/C11H16N2O5/c1-11(15,7-14)6-12-9-5-8(18-2)3-4-10(9)13(16)17/h3-5,12,14-15H,6-7H2,1-2H3. The summed E-state index contributed by atoms with van der Waals surface area (Å²) in [6.45, 7) is 0.960. The summed E-state index contributed by atoms with van der Waals surface area (Å²) in [5.41, 5.74) is -1.24. The molecule has 0 aliphatic rings. The lowest BCUT2D eigenvalue weighted by Gasteiger charge is -2.21. The van der Waals surface area contributed by atoms with Crippen molar-refractivity contribution in [3.63, 3.8) is 0 Å². The molecule has 18 heavy (non-hydrogen) atoms. The van der Waals surface area contributed by atoms with E-state index in [1.807, 2.05) is 0 Å². The second-order valence-electron chi connectivity index (χ2n) is 4.15. The van der Waals surface area contributed by atoms with Gasteiger partial charge in [0.2, 0.25) is 0 Å². The summed E-state index contributed by atoms with van der Waals surface area (Å²) < 4.78 is 4.97. The highest BCUT2D eigenvalue weighted by molar-refractivity contribution is 5.64. The Hall–Kier alpha value is -1.86. The fourth-order valence-electron chi connectivity index (χ4n) is 1.28. The zero-order valence-electron chi connectivity index (χ0n) is 10.2. The molecule has 0 saturated heterocycles. The lowest BCUT2D eigenvalue weighted by Crippen LogP contribution is -2.37. The lowest BCUT2D eigenvalue weighted by atomic mass is 10.1. The Balaban J connectivity index is 2.94. The molecule has 3 N–H and O–H groups in total. The molecule has 0 aliphatic carbocycles. The normalized spacial score (nSPS) is 13.8. The maximum atomic E-state index is 10.8. The highest BCUT2D eigenvalue weighted by atomic mass is 16.6. The minimum atomic E-state index is -1.35. The average Bonchev–Trinajstić information content (AvgIpc) is 2.36. The minimum Gasteiger partial charge on any atom is -0.497 e. The first-order chi connectivity index (χ1) is 8.39. The van der Waals surface area contributed by atoms with Gasteiger partial charge < -0.3 is 20.3 Å². The zero-order chi connectivity index (χ0) is 13.8. The summed E-state index contributed by atoms with van der Waals surface area (Å²) in [6, 6.07) is 4.26. The van der Waals surface area contributed by atoms with Crippen molar-refractivity contribution in [1.82, 2.24) is 0 Å². The molecule has 0 heterocycles. The number of aliphatic hydroxyl groups is 2. The van der Waals surface area contributed by atoms with Gasteiger partial charge in [-0.15, -0.1) is 0 Å². The fourth-order valence-corrected chi connectivity index (χ4v) is 1.28. The largest absolute Gasteiger partial charge is 0.497 e. The maximum Gasteiger partial charge on any atom is 0.292 e. The third-order valence-corrected chi connectivity index (χ3v) is 2.40. The highest BCUT2D eigenvalue weighted by Gasteiger charge is 2.21. The van der Waals surface area contributed by atoms with Crippen LogP contribution in [0.3, 0.4) is 0 Å². The average molecular weight is 256 g/mol. The Labute approximate surface area is 104 Å². The van der Waals surface area contributed by atoms with Crippen LogP contribution in [0.15, 0.2) is 18.2 Å². The number of nitro groups is 1. The third kappa shape index (κ3) is 3.57. The molecule has 1 rings (SSSR count). The molecule has 1 atom stereocenters. The molecule has 0 aliphatic heterocycles. The quantitative estimate of drug-likeness (QED) is 0.512. The van der Waals surface area contributed by atoms with E-state index in [4.69, 9.17) is 9.84 Å². The molecule has 7 nitrogen and oxygen atoms in total. The second-order valence-corrected chi connectivity index (χ2v) is 4.15. The molecule has 100 valence electrons. The van der Waals surface area contributed by atoms with Crippen molar-refractivity contribution < 1.29 is 19.9 Å². The number of rotatable bonds is 6. The van der Waals surface area contributed by atoms with Crippen molar-refractivity contribution >= 4 is 11.4 Å². The van der Waals surface area contributed by atoms with Crippen LogP contribution in [0, 0.1) is 10.1 Å². The van der Waals surface area contributed by atoms with Crippen LogP contribution in [0.2, 0.25) is 0 Å². The van der Waals surface area contributed by atoms with Crippen LogP contribution >= 0.6 is 0 Å². The summed E-state index contributed by atoms with van der Waals surface area (Å²) in [4.78, 5) is 10.3. The number of aliphatic hydroxyl groups excluding tert-OH is 1. The Morgan fingerprint density at radius 3 is 2.72 bits per heavy atom. The number of nitrogens with one attached hydrogen (secondary N) is 1. The number of nitro benzene ring substituents is 1. The zero-order valence-corrected chi connectivity index (χ0v) is 10.2. The maximum absolute atomic E-state index is 10.8. The van der Waals surface area contributed by atoms with Gasteiger partial charge in [-0.05, 0) is 13.0 Å². The van der Waals surface area contributed by atoms with Crippen molar-refractivity contribution in [2.45, 2.75) is 12.5 Å². The topological polar surface area (TPSA) is 105 Å². The number of anilines is 1. The van der Waals surface area contributed by atoms with E-state index in [9.17, 15) is 15.2 Å². The van der Waals surface area contributed by atoms with E-state index in [1.54, 1.807) is 0 Å². The van der Waals surface area contributed by atoms with Crippen LogP contribution in [-0.2, 0) is 0 Å². The van der Waals surface area contributed by atoms with Crippen LogP contribution in [-0.4, -0.2) is 41.0 Å². The number of ether oxygens (including phenoxy) is 1. The molecular formula is C11H16N2O5. The Morgan fingerprint density at radius 1 is 1.56 bits per heavy atom. The van der Waals surface area contributed by atoms with Crippen molar-refractivity contribution in [3.05, 3.63) is 28.3 Å². The van der Waals surface area contributed by atoms with E-state index < -0.39 is 17.1 Å². The van der Waals surface area contributed by atoms with E-state index in [2.05, 4.69) is 5.32 Å². The molecule has 1 aromatic rings. The summed E-state index contributed by atoms with van der Waals surface area (Å²) in [5.74, 6) is 0.465. The van der Waals surface area contributed by atoms with Crippen LogP contribution in [0.5, 0.6) is 5.75 Å². The predicted molar refractivity (Wildman–Crippen MR) is 65.8 cm³/mol. The van der Waals surface area contributed by atoms with Gasteiger partial charge in [-0.25, -0.2) is 0 Å². The molecule has 1 aromatic carbocycles. The predicted octanol–water partition coefficient (Wildman–Crippen LogP) is 0.759. The molecule has 0 fully saturated rings. The van der Waals surface area contributed by atoms with Crippen molar-refractivity contribution in [1.29, 1.82) is 0 Å². The van der Waals surface area contributed by atoms with Crippen LogP contribution in [0.1, 0.15) is 6.92 Å². The number of methoxy groups -OCH3 is 1. The molecule has 1 unspecified atom stereocenters. The summed E-state index contributed by atoms with van der Waals surface area (Å²) in [7, 11) is 1.45. The van der Waals surface area contributed by atoms with Gasteiger partial charge >= 0.3 is 0 Å². The monoisotopic (exact) mass is 256 g/mol. The van der Waals surface area contributed by atoms with Gasteiger partial charge in [0.25, 0.3) is 5.69 Å². The van der Waals surface area contributed by atoms with Crippen molar-refractivity contribution in [2.75, 3.05) is 25.6 Å². The van der Waals surface area contributed by atoms with Gasteiger partial charge in [0, 0.05) is 18.7 Å². The first-order valence-electron chi connectivity index (χ1n) is 5.29. The van der Waals surface area contributed by atoms with E-state index in [0.29, 0.717) is 5.75 Å². The van der Waals surface area contributed by atoms with E-state index in [1.165, 1.54) is 32.2 Å². The number of nitrogens with zero attached hydrogens (tertiary/aromatic N) is 1. The lowest BCUT2D eigenvalue weighted by molar-refractivity contribution is -0.384. The fraction of sp³-hybridized carbons (Fsp3) is 0.455. The Kier molecular flexibility index (Phi) is 4.46. The Morgan fingerprint density at radius 2 is 2.22 bits per heavy atom. The van der Waals surface area contributed by atoms with E-state index in [0.717, 1.165) is 0 Å². The molecule has 0 aromatic heterocycles. The summed E-state index contributed by atoms with van der Waals surface area (Å²) in [6.07, 6.45) is 0. The van der Waals surface area contributed by atoms with E-state index in [-0.39, 0.29) is 17.9 Å². The SMILES string of the molecule is COc1ccc([N+](=O)[O-])c(NCC(C)(O)CO)c1. The van der Waals surface area contributed by atoms with Crippen molar-refractivity contribution in [3.8, 4) is 5.75 Å². The molecule has 0 bridgehead atoms. The van der Waals surface area contributed by atoms with Crippen LogP contribution in [0.4, 0.5) is 11.4 Å². The second kappa shape index (κ2) is 5.65. The van der Waals surface area contributed by atoms with Gasteiger partial charge in [-0.2, -0.15) is 0 Å². The summed E-state index contributed by atoms with van der Waals surface area (Å²) >= 11 is 0. The van der Waals surface area contributed by atoms with Crippen molar-refractivity contribution in [2.24, 2.45) is 0 Å². The smallest absolute Gasteiger partial charge is 0.292 e. The molecule has 0 saturated carbocycles. The molecule has 7 heteroatoms. The number of hydrogen-bond donors (Lipinski definition) is 3. The van der Waals surface area contributed by atoms with Crippen LogP contribution in [0.25, 0.3) is 0 Å². The van der Waals surface area contributed by atoms with Gasteiger partial charge in [0.05, 0.1) is 18.6 Å². The van der Waals surface area contributed by atoms with E-state index >= 15 is 0 Å². The first kappa shape index (κ1) is 14.2. The van der Waals surface area contributed by atoms with Gasteiger partial charge in [0.15, 0.2) is 0 Å². The highest BCUT2D eigenvalue weighted by Crippen LogP contribution is 2.29. The molecule has 0 spiro atoms. The van der Waals surface area contributed by atoms with Gasteiger partial charge in [-0.1, -0.05) is 0 Å². The molecule has 0 radical (unpaired) electrons.